The van der Waals surface area contributed by atoms with E-state index in [4.69, 9.17) is 0 Å². The van der Waals surface area contributed by atoms with E-state index in [1.807, 2.05) is 24.3 Å². The van der Waals surface area contributed by atoms with Gasteiger partial charge in [0.15, 0.2) is 0 Å². The highest BCUT2D eigenvalue weighted by Crippen LogP contribution is 2.36. The Morgan fingerprint density at radius 1 is 1.00 bits per heavy atom. The lowest BCUT2D eigenvalue weighted by molar-refractivity contribution is -0.137. The summed E-state index contributed by atoms with van der Waals surface area (Å²) in [4.78, 5) is 18.9. The normalized spacial score (nSPS) is 15.9. The number of halogens is 3. The van der Waals surface area contributed by atoms with Crippen molar-refractivity contribution in [1.82, 2.24) is 14.5 Å². The number of aromatic nitrogens is 2. The zero-order chi connectivity index (χ0) is 20.6. The predicted octanol–water partition coefficient (Wildman–Crippen LogP) is 2.88. The van der Waals surface area contributed by atoms with Crippen LogP contribution in [0, 0.1) is 0 Å². The Morgan fingerprint density at radius 2 is 1.72 bits per heavy atom. The average molecular weight is 406 g/mol. The number of fused-ring (bicyclic) bond motifs is 1. The molecule has 1 aromatic heterocycles. The zero-order valence-corrected chi connectivity index (χ0v) is 15.6. The van der Waals surface area contributed by atoms with Crippen molar-refractivity contribution in [1.29, 1.82) is 0 Å². The molecule has 0 spiro atoms. The highest BCUT2D eigenvalue weighted by molar-refractivity contribution is 5.74. The van der Waals surface area contributed by atoms with E-state index in [-0.39, 0.29) is 17.1 Å². The third-order valence-corrected chi connectivity index (χ3v) is 5.34. The van der Waals surface area contributed by atoms with E-state index in [1.165, 1.54) is 0 Å². The van der Waals surface area contributed by atoms with Crippen molar-refractivity contribution < 1.29 is 18.3 Å². The van der Waals surface area contributed by atoms with Gasteiger partial charge in [-0.25, -0.2) is 4.79 Å². The quantitative estimate of drug-likeness (QED) is 0.700. The van der Waals surface area contributed by atoms with Crippen molar-refractivity contribution in [3.8, 4) is 5.75 Å². The number of hydrogen-bond donors (Lipinski definition) is 2. The van der Waals surface area contributed by atoms with Crippen LogP contribution in [-0.2, 0) is 12.7 Å². The first-order valence-corrected chi connectivity index (χ1v) is 9.38. The summed E-state index contributed by atoms with van der Waals surface area (Å²) in [5.41, 5.74) is 0.921. The number of rotatable bonds is 4. The van der Waals surface area contributed by atoms with E-state index >= 15 is 0 Å². The molecule has 2 N–H and O–H groups in total. The summed E-state index contributed by atoms with van der Waals surface area (Å²) in [5, 5.41) is 10.0. The molecule has 0 radical (unpaired) electrons. The summed E-state index contributed by atoms with van der Waals surface area (Å²) in [6, 6.07) is 10.5. The topological polar surface area (TPSA) is 64.5 Å². The van der Waals surface area contributed by atoms with Gasteiger partial charge in [-0.3, -0.25) is 9.47 Å². The maximum atomic E-state index is 13.0. The Balaban J connectivity index is 1.40. The van der Waals surface area contributed by atoms with Crippen molar-refractivity contribution in [2.24, 2.45) is 0 Å². The van der Waals surface area contributed by atoms with Crippen molar-refractivity contribution in [2.45, 2.75) is 12.7 Å². The number of alkyl halides is 3. The fourth-order valence-corrected chi connectivity index (χ4v) is 3.74. The minimum Gasteiger partial charge on any atom is -0.506 e. The molecule has 9 heteroatoms. The molecule has 6 nitrogen and oxygen atoms in total. The molecule has 1 aliphatic heterocycles. The number of para-hydroxylation sites is 2. The first-order valence-electron chi connectivity index (χ1n) is 9.38. The van der Waals surface area contributed by atoms with Gasteiger partial charge in [0.05, 0.1) is 22.3 Å². The first-order chi connectivity index (χ1) is 13.8. The number of H-pyrrole nitrogens is 1. The van der Waals surface area contributed by atoms with Gasteiger partial charge in [0.2, 0.25) is 0 Å². The third kappa shape index (κ3) is 3.95. The van der Waals surface area contributed by atoms with Crippen molar-refractivity contribution in [3.05, 3.63) is 58.5 Å². The molecular formula is C20H21F3N4O2. The number of anilines is 1. The number of nitrogens with zero attached hydrogens (tertiary/aromatic N) is 3. The third-order valence-electron chi connectivity index (χ3n) is 5.34. The zero-order valence-electron chi connectivity index (χ0n) is 15.6. The van der Waals surface area contributed by atoms with Crippen LogP contribution in [-0.4, -0.2) is 52.3 Å². The van der Waals surface area contributed by atoms with E-state index in [9.17, 15) is 23.1 Å². The molecule has 2 aromatic carbocycles. The Labute approximate surface area is 164 Å². The van der Waals surface area contributed by atoms with Gasteiger partial charge in [-0.2, -0.15) is 13.2 Å². The van der Waals surface area contributed by atoms with Gasteiger partial charge in [0, 0.05) is 39.3 Å². The standard InChI is InChI=1S/C20H21F3N4O2/c21-20(22,23)14-5-6-18(28)17(13-14)26-10-7-25(8-11-26)9-12-27-16-4-2-1-3-15(16)24-19(27)29/h1-6,13,28H,7-12H2,(H,24,29). The number of aromatic hydroxyl groups is 1. The van der Waals surface area contributed by atoms with Gasteiger partial charge in [0.1, 0.15) is 5.75 Å². The van der Waals surface area contributed by atoms with Crippen LogP contribution in [0.15, 0.2) is 47.3 Å². The van der Waals surface area contributed by atoms with Gasteiger partial charge in [-0.1, -0.05) is 12.1 Å². The maximum absolute atomic E-state index is 13.0. The Kier molecular flexibility index (Phi) is 4.99. The summed E-state index contributed by atoms with van der Waals surface area (Å²) < 4.78 is 40.6. The summed E-state index contributed by atoms with van der Waals surface area (Å²) in [7, 11) is 0. The largest absolute Gasteiger partial charge is 0.506 e. The molecule has 0 amide bonds. The molecule has 0 bridgehead atoms. The van der Waals surface area contributed by atoms with Crippen LogP contribution in [0.4, 0.5) is 18.9 Å². The number of aromatic amines is 1. The molecule has 3 aromatic rings. The van der Waals surface area contributed by atoms with E-state index < -0.39 is 11.7 Å². The fraction of sp³-hybridized carbons (Fsp3) is 0.350. The second-order valence-corrected chi connectivity index (χ2v) is 7.13. The number of nitrogens with one attached hydrogen (secondary N) is 1. The highest BCUT2D eigenvalue weighted by Gasteiger charge is 2.32. The molecule has 154 valence electrons. The number of phenolic OH excluding ortho intramolecular Hbond substituents is 1. The Bertz CT molecular complexity index is 1070. The monoisotopic (exact) mass is 406 g/mol. The summed E-state index contributed by atoms with van der Waals surface area (Å²) in [6.07, 6.45) is -4.45. The molecule has 0 unspecified atom stereocenters. The lowest BCUT2D eigenvalue weighted by Gasteiger charge is -2.36. The number of benzene rings is 2. The second kappa shape index (κ2) is 7.47. The van der Waals surface area contributed by atoms with Crippen LogP contribution in [0.1, 0.15) is 5.56 Å². The minimum atomic E-state index is -4.45. The van der Waals surface area contributed by atoms with Gasteiger partial charge in [0.25, 0.3) is 0 Å². The molecule has 0 atom stereocenters. The molecular weight excluding hydrogens is 385 g/mol. The van der Waals surface area contributed by atoms with Crippen molar-refractivity contribution in [2.75, 3.05) is 37.6 Å². The number of imidazole rings is 1. The van der Waals surface area contributed by atoms with E-state index in [0.717, 1.165) is 29.2 Å². The van der Waals surface area contributed by atoms with Crippen LogP contribution in [0.25, 0.3) is 11.0 Å². The van der Waals surface area contributed by atoms with Gasteiger partial charge >= 0.3 is 11.9 Å². The van der Waals surface area contributed by atoms with Crippen molar-refractivity contribution >= 4 is 16.7 Å². The van der Waals surface area contributed by atoms with Gasteiger partial charge in [-0.15, -0.1) is 0 Å². The molecule has 1 saturated heterocycles. The van der Waals surface area contributed by atoms with Crippen LogP contribution in [0.2, 0.25) is 0 Å². The SMILES string of the molecule is O=c1[nH]c2ccccc2n1CCN1CCN(c2cc(C(F)(F)F)ccc2O)CC1. The molecule has 4 rings (SSSR count). The lowest BCUT2D eigenvalue weighted by Crippen LogP contribution is -2.47. The molecule has 2 heterocycles. The van der Waals surface area contributed by atoms with E-state index in [1.54, 1.807) is 9.47 Å². The van der Waals surface area contributed by atoms with Crippen LogP contribution < -0.4 is 10.6 Å². The number of piperazine rings is 1. The van der Waals surface area contributed by atoms with Crippen LogP contribution in [0.3, 0.4) is 0 Å². The van der Waals surface area contributed by atoms with Crippen LogP contribution in [0.5, 0.6) is 5.75 Å². The number of hydrogen-bond acceptors (Lipinski definition) is 4. The summed E-state index contributed by atoms with van der Waals surface area (Å²) in [5.74, 6) is -0.156. The molecule has 1 aliphatic rings. The Morgan fingerprint density at radius 3 is 2.45 bits per heavy atom. The summed E-state index contributed by atoms with van der Waals surface area (Å²) >= 11 is 0. The molecule has 0 saturated carbocycles. The predicted molar refractivity (Wildman–Crippen MR) is 104 cm³/mol. The fourth-order valence-electron chi connectivity index (χ4n) is 3.74. The highest BCUT2D eigenvalue weighted by atomic mass is 19.4. The Hall–Kier alpha value is -2.94. The van der Waals surface area contributed by atoms with E-state index in [2.05, 4.69) is 9.88 Å². The minimum absolute atomic E-state index is 0.154. The smallest absolute Gasteiger partial charge is 0.416 e. The molecule has 0 aliphatic carbocycles. The number of phenols is 1. The first kappa shape index (κ1) is 19.4. The van der Waals surface area contributed by atoms with Gasteiger partial charge in [-0.05, 0) is 30.3 Å². The van der Waals surface area contributed by atoms with Crippen LogP contribution >= 0.6 is 0 Å². The average Bonchev–Trinajstić information content (AvgIpc) is 3.01. The van der Waals surface area contributed by atoms with Crippen molar-refractivity contribution in [3.63, 3.8) is 0 Å². The molecule has 29 heavy (non-hydrogen) atoms. The second-order valence-electron chi connectivity index (χ2n) is 7.13. The lowest BCUT2D eigenvalue weighted by atomic mass is 10.1. The van der Waals surface area contributed by atoms with Gasteiger partial charge < -0.3 is 15.0 Å². The summed E-state index contributed by atoms with van der Waals surface area (Å²) in [6.45, 7) is 3.44. The maximum Gasteiger partial charge on any atom is 0.416 e. The van der Waals surface area contributed by atoms with E-state index in [0.29, 0.717) is 39.3 Å². The molecule has 1 fully saturated rings.